The predicted octanol–water partition coefficient (Wildman–Crippen LogP) is 9.31. The molecule has 10 heteroatoms. The zero-order chi connectivity index (χ0) is 40.7. The van der Waals surface area contributed by atoms with Crippen LogP contribution in [0.3, 0.4) is 0 Å². The molecule has 6 aromatic rings. The molecular weight excluding hydrogens is 749 g/mol. The molecule has 6 aliphatic heterocycles. The van der Waals surface area contributed by atoms with Crippen LogP contribution < -0.4 is 18.9 Å². The van der Waals surface area contributed by atoms with E-state index in [1.54, 1.807) is 14.2 Å². The van der Waals surface area contributed by atoms with E-state index in [0.717, 1.165) is 93.9 Å². The fourth-order valence-electron chi connectivity index (χ4n) is 11.7. The molecular formula is C50H58N6O4. The van der Waals surface area contributed by atoms with Crippen LogP contribution >= 0.6 is 0 Å². The van der Waals surface area contributed by atoms with Gasteiger partial charge in [-0.25, -0.2) is 0 Å². The summed E-state index contributed by atoms with van der Waals surface area (Å²) in [6.45, 7) is 10.2. The molecule has 312 valence electrons. The van der Waals surface area contributed by atoms with Crippen molar-refractivity contribution < 1.29 is 18.9 Å². The van der Waals surface area contributed by atoms with Gasteiger partial charge < -0.3 is 18.9 Å². The number of aromatic nitrogens is 4. The maximum absolute atomic E-state index is 6.89. The first-order chi connectivity index (χ1) is 29.5. The highest BCUT2D eigenvalue weighted by atomic mass is 16.5. The molecule has 5 unspecified atom stereocenters. The van der Waals surface area contributed by atoms with E-state index in [0.29, 0.717) is 37.1 Å². The van der Waals surface area contributed by atoms with Crippen LogP contribution in [0.5, 0.6) is 23.3 Å². The highest BCUT2D eigenvalue weighted by Gasteiger charge is 2.45. The molecule has 0 N–H and O–H groups in total. The van der Waals surface area contributed by atoms with Gasteiger partial charge in [0.1, 0.15) is 11.5 Å². The van der Waals surface area contributed by atoms with Crippen LogP contribution in [0.4, 0.5) is 0 Å². The smallest absolute Gasteiger partial charge is 0.241 e. The van der Waals surface area contributed by atoms with Crippen molar-refractivity contribution in [3.8, 4) is 23.3 Å². The summed E-state index contributed by atoms with van der Waals surface area (Å²) >= 11 is 0. The first kappa shape index (κ1) is 39.1. The van der Waals surface area contributed by atoms with Gasteiger partial charge in [0.15, 0.2) is 0 Å². The quantitative estimate of drug-likeness (QED) is 0.106. The summed E-state index contributed by atoms with van der Waals surface area (Å²) in [5.41, 5.74) is 4.42. The lowest BCUT2D eigenvalue weighted by Gasteiger charge is -2.52. The summed E-state index contributed by atoms with van der Waals surface area (Å²) in [5, 5.41) is 13.6. The van der Waals surface area contributed by atoms with Gasteiger partial charge in [0.25, 0.3) is 0 Å². The van der Waals surface area contributed by atoms with Gasteiger partial charge in [-0.05, 0) is 134 Å². The third-order valence-electron chi connectivity index (χ3n) is 15.0. The summed E-state index contributed by atoms with van der Waals surface area (Å²) in [7, 11) is 3.45. The molecule has 0 radical (unpaired) electrons. The number of ether oxygens (including phenoxy) is 4. The number of benzene rings is 3. The van der Waals surface area contributed by atoms with Crippen molar-refractivity contribution in [2.75, 3.05) is 53.6 Å². The number of hydrogen-bond donors (Lipinski definition) is 0. The Balaban J connectivity index is 0.967. The summed E-state index contributed by atoms with van der Waals surface area (Å²) < 4.78 is 25.2. The van der Waals surface area contributed by atoms with Crippen LogP contribution in [0.15, 0.2) is 85.2 Å². The summed E-state index contributed by atoms with van der Waals surface area (Å²) in [5.74, 6) is 5.91. The summed E-state index contributed by atoms with van der Waals surface area (Å²) in [6.07, 6.45) is 11.2. The number of fused-ring (bicyclic) bond motifs is 9. The second-order valence-electron chi connectivity index (χ2n) is 17.8. The molecule has 0 amide bonds. The molecule has 3 aromatic carbocycles. The third kappa shape index (κ3) is 7.19. The zero-order valence-corrected chi connectivity index (χ0v) is 35.5. The number of rotatable bonds is 14. The van der Waals surface area contributed by atoms with Gasteiger partial charge >= 0.3 is 0 Å². The van der Waals surface area contributed by atoms with Gasteiger partial charge in [0.05, 0.1) is 49.2 Å². The number of hydrogen-bond acceptors (Lipinski definition) is 10. The van der Waals surface area contributed by atoms with E-state index in [4.69, 9.17) is 39.1 Å². The molecule has 6 aliphatic rings. The van der Waals surface area contributed by atoms with Gasteiger partial charge in [-0.3, -0.25) is 19.8 Å². The van der Waals surface area contributed by atoms with Crippen molar-refractivity contribution in [3.05, 3.63) is 96.3 Å². The molecule has 0 aliphatic carbocycles. The minimum Gasteiger partial charge on any atom is -0.497 e. The van der Waals surface area contributed by atoms with Crippen molar-refractivity contribution in [2.45, 2.75) is 76.3 Å². The Morgan fingerprint density at radius 2 is 1.07 bits per heavy atom. The minimum atomic E-state index is 0.0994. The molecule has 4 bridgehead atoms. The third-order valence-corrected chi connectivity index (χ3v) is 15.0. The number of piperidine rings is 6. The lowest BCUT2D eigenvalue weighted by molar-refractivity contribution is -0.0177. The Hall–Kier alpha value is -5.06. The van der Waals surface area contributed by atoms with E-state index in [-0.39, 0.29) is 11.8 Å². The molecule has 12 rings (SSSR count). The number of pyridine rings is 2. The van der Waals surface area contributed by atoms with E-state index < -0.39 is 0 Å². The van der Waals surface area contributed by atoms with Gasteiger partial charge in [-0.15, -0.1) is 10.2 Å². The number of nitrogens with zero attached hydrogens (tertiary/aromatic N) is 6. The monoisotopic (exact) mass is 806 g/mol. The van der Waals surface area contributed by atoms with E-state index in [1.807, 2.05) is 36.7 Å². The lowest BCUT2D eigenvalue weighted by Crippen LogP contribution is -2.55. The van der Waals surface area contributed by atoms with E-state index in [1.165, 1.54) is 49.7 Å². The van der Waals surface area contributed by atoms with Gasteiger partial charge in [-0.2, -0.15) is 0 Å². The maximum Gasteiger partial charge on any atom is 0.241 e. The Bertz CT molecular complexity index is 2310. The first-order valence-corrected chi connectivity index (χ1v) is 22.4. The fourth-order valence-corrected chi connectivity index (χ4v) is 11.7. The molecule has 10 atom stereocenters. The second-order valence-corrected chi connectivity index (χ2v) is 17.8. The van der Waals surface area contributed by atoms with Crippen LogP contribution in [0.1, 0.15) is 75.3 Å². The molecule has 10 nitrogen and oxygen atoms in total. The molecule has 0 spiro atoms. The minimum absolute atomic E-state index is 0.0994. The lowest BCUT2D eigenvalue weighted by atomic mass is 9.70. The van der Waals surface area contributed by atoms with Crippen LogP contribution in [0.2, 0.25) is 0 Å². The normalized spacial score (nSPS) is 26.9. The Labute approximate surface area is 353 Å². The predicted molar refractivity (Wildman–Crippen MR) is 236 cm³/mol. The molecule has 3 aromatic heterocycles. The zero-order valence-electron chi connectivity index (χ0n) is 35.5. The van der Waals surface area contributed by atoms with Crippen molar-refractivity contribution in [1.29, 1.82) is 0 Å². The summed E-state index contributed by atoms with van der Waals surface area (Å²) in [4.78, 5) is 15.0. The second kappa shape index (κ2) is 16.8. The van der Waals surface area contributed by atoms with Crippen LogP contribution in [0.25, 0.3) is 32.6 Å². The van der Waals surface area contributed by atoms with Gasteiger partial charge in [0, 0.05) is 60.2 Å². The van der Waals surface area contributed by atoms with Crippen LogP contribution in [-0.2, 0) is 0 Å². The van der Waals surface area contributed by atoms with Crippen molar-refractivity contribution in [3.63, 3.8) is 0 Å². The molecule has 6 saturated heterocycles. The first-order valence-electron chi connectivity index (χ1n) is 22.4. The van der Waals surface area contributed by atoms with E-state index >= 15 is 0 Å². The van der Waals surface area contributed by atoms with E-state index in [2.05, 4.69) is 72.2 Å². The Kier molecular flexibility index (Phi) is 10.9. The molecule has 60 heavy (non-hydrogen) atoms. The largest absolute Gasteiger partial charge is 0.497 e. The van der Waals surface area contributed by atoms with Crippen molar-refractivity contribution in [2.24, 2.45) is 23.7 Å². The standard InChI is InChI=1S/C50H58N6O4/c1-5-31-27-55-21-17-33(31)23-47(55)43(37-15-19-51-45-13-11-35(57-3)25-41(37)45)29-59-49-39-9-7-8-10-40(39)50(54-53-49)60-30-44(48-24-34-18-22-56(48)28-32(34)6-2)38-16-20-52-46-14-12-36(58-4)26-42(38)46/h7-16,19-20,25-26,31-34,43-44,47-48H,5-6,17-18,21-24,27-30H2,1-4H3/t31-,32?,33?,34?,43-,44-,47+,48+/m0/s1. The average molecular weight is 807 g/mol. The fraction of sp³-hybridized carbons (Fsp3) is 0.480. The van der Waals surface area contributed by atoms with Gasteiger partial charge in [-0.1, -0.05) is 38.8 Å². The van der Waals surface area contributed by atoms with Crippen molar-refractivity contribution >= 4 is 32.6 Å². The molecule has 0 saturated carbocycles. The van der Waals surface area contributed by atoms with Crippen LogP contribution in [0, 0.1) is 23.7 Å². The Morgan fingerprint density at radius 1 is 0.600 bits per heavy atom. The SMILES string of the molecule is CCC1CN2CCC1C[C@@H]2[C@@H](COc1nnc(OC[C@@H](c2ccnc3ccc(OC)cc23)[C@H]2CC3CCN2C[C@@H]3CC)c2ccccc12)c1ccnc2ccc(OC)cc12. The molecule has 9 heterocycles. The highest BCUT2D eigenvalue weighted by molar-refractivity contribution is 5.90. The highest BCUT2D eigenvalue weighted by Crippen LogP contribution is 2.46. The average Bonchev–Trinajstić information content (AvgIpc) is 3.32. The van der Waals surface area contributed by atoms with E-state index in [9.17, 15) is 0 Å². The topological polar surface area (TPSA) is 95.0 Å². The van der Waals surface area contributed by atoms with Crippen molar-refractivity contribution in [1.82, 2.24) is 30.0 Å². The molecule has 6 fully saturated rings. The summed E-state index contributed by atoms with van der Waals surface area (Å²) in [6, 6.07) is 25.7. The maximum atomic E-state index is 6.89. The Morgan fingerprint density at radius 3 is 1.47 bits per heavy atom. The van der Waals surface area contributed by atoms with Gasteiger partial charge in [0.2, 0.25) is 11.8 Å². The number of methoxy groups -OCH3 is 2. The van der Waals surface area contributed by atoms with Crippen LogP contribution in [-0.4, -0.2) is 95.7 Å².